The molecule has 0 unspecified atom stereocenters. The first-order valence-corrected chi connectivity index (χ1v) is 11.5. The lowest BCUT2D eigenvalue weighted by Gasteiger charge is -2.34. The summed E-state index contributed by atoms with van der Waals surface area (Å²) in [6.45, 7) is 3.36. The van der Waals surface area contributed by atoms with Crippen molar-refractivity contribution in [2.24, 2.45) is 0 Å². The molecule has 1 aliphatic heterocycles. The maximum Gasteiger partial charge on any atom is 0.453 e. The van der Waals surface area contributed by atoms with E-state index in [1.165, 1.54) is 42.3 Å². The van der Waals surface area contributed by atoms with Gasteiger partial charge in [-0.1, -0.05) is 6.07 Å². The lowest BCUT2D eigenvalue weighted by atomic mass is 10.1. The van der Waals surface area contributed by atoms with Crippen LogP contribution in [0.2, 0.25) is 0 Å². The summed E-state index contributed by atoms with van der Waals surface area (Å²) in [6, 6.07) is 8.21. The first kappa shape index (κ1) is 26.1. The number of aromatic hydroxyl groups is 1. The number of phenols is 1. The van der Waals surface area contributed by atoms with Crippen molar-refractivity contribution in [1.29, 1.82) is 0 Å². The summed E-state index contributed by atoms with van der Waals surface area (Å²) >= 11 is 0. The molecule has 0 atom stereocenters. The fraction of sp³-hybridized carbons (Fsp3) is 0.360. The topological polar surface area (TPSA) is 102 Å². The van der Waals surface area contributed by atoms with Gasteiger partial charge in [-0.15, -0.1) is 0 Å². The molecule has 2 aromatic carbocycles. The molecule has 37 heavy (non-hydrogen) atoms. The Bertz CT molecular complexity index is 1350. The number of rotatable bonds is 6. The van der Waals surface area contributed by atoms with Gasteiger partial charge in [0.05, 0.1) is 24.7 Å². The van der Waals surface area contributed by atoms with Gasteiger partial charge in [-0.05, 0) is 31.2 Å². The molecule has 1 N–H and O–H groups in total. The molecule has 12 heteroatoms. The van der Waals surface area contributed by atoms with Gasteiger partial charge in [0.2, 0.25) is 11.2 Å². The number of fused-ring (bicyclic) bond motifs is 1. The highest BCUT2D eigenvalue weighted by Gasteiger charge is 2.41. The van der Waals surface area contributed by atoms with Gasteiger partial charge < -0.3 is 28.6 Å². The molecule has 4 rings (SSSR count). The quantitative estimate of drug-likeness (QED) is 0.502. The monoisotopic (exact) mass is 522 g/mol. The Morgan fingerprint density at radius 3 is 2.46 bits per heavy atom. The van der Waals surface area contributed by atoms with Gasteiger partial charge in [0.15, 0.2) is 0 Å². The SMILES string of the molecule is CCOC(=O)N1CCN(Cc2c(O)ccc3c(=O)c(Oc4cccc(OC)c4)c(C(F)(F)F)oc23)CC1. The van der Waals surface area contributed by atoms with E-state index < -0.39 is 29.2 Å². The van der Waals surface area contributed by atoms with Crippen LogP contribution < -0.4 is 14.9 Å². The number of carbonyl (C=O) groups is 1. The van der Waals surface area contributed by atoms with E-state index in [9.17, 15) is 27.9 Å². The average Bonchev–Trinajstić information content (AvgIpc) is 2.87. The summed E-state index contributed by atoms with van der Waals surface area (Å²) in [5.74, 6) is -2.68. The van der Waals surface area contributed by atoms with Crippen molar-refractivity contribution in [2.75, 3.05) is 39.9 Å². The molecule has 3 aromatic rings. The van der Waals surface area contributed by atoms with Crippen LogP contribution >= 0.6 is 0 Å². The Balaban J connectivity index is 1.71. The second kappa shape index (κ2) is 10.6. The van der Waals surface area contributed by atoms with Crippen molar-refractivity contribution in [1.82, 2.24) is 9.80 Å². The maximum absolute atomic E-state index is 14.0. The highest BCUT2D eigenvalue weighted by molar-refractivity contribution is 5.83. The lowest BCUT2D eigenvalue weighted by molar-refractivity contribution is -0.154. The van der Waals surface area contributed by atoms with Crippen LogP contribution in [-0.4, -0.2) is 60.9 Å². The normalized spacial score (nSPS) is 14.6. The predicted octanol–water partition coefficient (Wildman–Crippen LogP) is 4.59. The van der Waals surface area contributed by atoms with Crippen molar-refractivity contribution in [3.05, 3.63) is 57.9 Å². The van der Waals surface area contributed by atoms with Gasteiger partial charge in [-0.3, -0.25) is 9.69 Å². The van der Waals surface area contributed by atoms with E-state index in [-0.39, 0.29) is 41.2 Å². The van der Waals surface area contributed by atoms with E-state index in [2.05, 4.69) is 0 Å². The molecule has 0 aliphatic carbocycles. The summed E-state index contributed by atoms with van der Waals surface area (Å²) < 4.78 is 62.7. The van der Waals surface area contributed by atoms with Crippen LogP contribution in [0.4, 0.5) is 18.0 Å². The number of carbonyl (C=O) groups excluding carboxylic acids is 1. The molecule has 1 aromatic heterocycles. The molecule has 0 spiro atoms. The number of methoxy groups -OCH3 is 1. The second-order valence-corrected chi connectivity index (χ2v) is 8.27. The Morgan fingerprint density at radius 2 is 1.81 bits per heavy atom. The van der Waals surface area contributed by atoms with Crippen LogP contribution in [-0.2, 0) is 17.5 Å². The third-order valence-corrected chi connectivity index (χ3v) is 5.90. The van der Waals surface area contributed by atoms with E-state index in [1.54, 1.807) is 13.0 Å². The Hall–Kier alpha value is -3.93. The Kier molecular flexibility index (Phi) is 7.48. The molecular formula is C25H25F3N2O7. The van der Waals surface area contributed by atoms with Gasteiger partial charge >= 0.3 is 12.3 Å². The summed E-state index contributed by atoms with van der Waals surface area (Å²) in [5, 5.41) is 10.3. The molecule has 0 bridgehead atoms. The van der Waals surface area contributed by atoms with Crippen molar-refractivity contribution in [3.63, 3.8) is 0 Å². The van der Waals surface area contributed by atoms with Gasteiger partial charge in [0.25, 0.3) is 5.76 Å². The van der Waals surface area contributed by atoms with Gasteiger partial charge in [-0.25, -0.2) is 4.79 Å². The molecule has 1 amide bonds. The molecule has 9 nitrogen and oxygen atoms in total. The van der Waals surface area contributed by atoms with Crippen LogP contribution in [0.25, 0.3) is 11.0 Å². The standard InChI is InChI=1S/C25H25F3N2O7/c1-3-35-24(33)30-11-9-29(10-12-30)14-18-19(31)8-7-17-20(32)22(23(25(26,27)28)37-21(17)18)36-16-6-4-5-15(13-16)34-2/h4-8,13,31H,3,9-12,14H2,1-2H3. The molecule has 0 radical (unpaired) electrons. The van der Waals surface area contributed by atoms with Crippen molar-refractivity contribution in [3.8, 4) is 23.0 Å². The number of nitrogens with zero attached hydrogens (tertiary/aromatic N) is 2. The summed E-state index contributed by atoms with van der Waals surface area (Å²) in [7, 11) is 1.38. The van der Waals surface area contributed by atoms with Crippen LogP contribution in [0, 0.1) is 0 Å². The van der Waals surface area contributed by atoms with Crippen molar-refractivity contribution in [2.45, 2.75) is 19.6 Å². The van der Waals surface area contributed by atoms with Crippen LogP contribution in [0.5, 0.6) is 23.0 Å². The van der Waals surface area contributed by atoms with Crippen LogP contribution in [0.15, 0.2) is 45.6 Å². The van der Waals surface area contributed by atoms with E-state index >= 15 is 0 Å². The van der Waals surface area contributed by atoms with E-state index in [0.717, 1.165) is 0 Å². The predicted molar refractivity (Wildman–Crippen MR) is 126 cm³/mol. The molecule has 2 heterocycles. The number of piperazine rings is 1. The second-order valence-electron chi connectivity index (χ2n) is 8.27. The molecule has 198 valence electrons. The fourth-order valence-corrected chi connectivity index (χ4v) is 4.03. The van der Waals surface area contributed by atoms with Gasteiger partial charge in [0, 0.05) is 38.8 Å². The highest BCUT2D eigenvalue weighted by atomic mass is 19.4. The van der Waals surface area contributed by atoms with E-state index in [1.807, 2.05) is 4.90 Å². The number of hydrogen-bond acceptors (Lipinski definition) is 8. The third kappa shape index (κ3) is 5.58. The van der Waals surface area contributed by atoms with Crippen LogP contribution in [0.1, 0.15) is 18.2 Å². The summed E-state index contributed by atoms with van der Waals surface area (Å²) in [5.41, 5.74) is -1.40. The highest BCUT2D eigenvalue weighted by Crippen LogP contribution is 2.40. The molecule has 1 saturated heterocycles. The van der Waals surface area contributed by atoms with Gasteiger partial charge in [0.1, 0.15) is 22.8 Å². The molecular weight excluding hydrogens is 497 g/mol. The first-order valence-electron chi connectivity index (χ1n) is 11.5. The summed E-state index contributed by atoms with van der Waals surface area (Å²) in [4.78, 5) is 28.5. The minimum Gasteiger partial charge on any atom is -0.507 e. The number of benzene rings is 2. The number of hydrogen-bond donors (Lipinski definition) is 1. The zero-order chi connectivity index (χ0) is 26.7. The van der Waals surface area contributed by atoms with E-state index in [4.69, 9.17) is 18.6 Å². The summed E-state index contributed by atoms with van der Waals surface area (Å²) in [6.07, 6.45) is -5.50. The average molecular weight is 522 g/mol. The Labute approximate surface area is 209 Å². The van der Waals surface area contributed by atoms with Crippen LogP contribution in [0.3, 0.4) is 0 Å². The number of alkyl halides is 3. The molecule has 1 fully saturated rings. The Morgan fingerprint density at radius 1 is 1.11 bits per heavy atom. The minimum atomic E-state index is -5.06. The smallest absolute Gasteiger partial charge is 0.453 e. The first-order chi connectivity index (χ1) is 17.6. The zero-order valence-electron chi connectivity index (χ0n) is 20.1. The van der Waals surface area contributed by atoms with Gasteiger partial charge in [-0.2, -0.15) is 13.2 Å². The number of phenolic OH excluding ortho intramolecular Hbond substituents is 1. The third-order valence-electron chi connectivity index (χ3n) is 5.90. The van der Waals surface area contributed by atoms with E-state index in [0.29, 0.717) is 31.9 Å². The number of amides is 1. The molecule has 0 saturated carbocycles. The number of ether oxygens (including phenoxy) is 3. The van der Waals surface area contributed by atoms with Crippen molar-refractivity contribution >= 4 is 17.1 Å². The molecule has 1 aliphatic rings. The largest absolute Gasteiger partial charge is 0.507 e. The lowest BCUT2D eigenvalue weighted by Crippen LogP contribution is -2.48. The fourth-order valence-electron chi connectivity index (χ4n) is 4.03. The van der Waals surface area contributed by atoms with Crippen molar-refractivity contribution < 1.29 is 41.7 Å². The maximum atomic E-state index is 14.0. The zero-order valence-corrected chi connectivity index (χ0v) is 20.1. The minimum absolute atomic E-state index is 0.00381. The number of halogens is 3.